The quantitative estimate of drug-likeness (QED) is 0.638. The number of hydrogen-bond acceptors (Lipinski definition) is 4. The Kier molecular flexibility index (Phi) is 2.02. The largest absolute Gasteiger partial charge is 0.398 e. The van der Waals surface area contributed by atoms with Crippen molar-refractivity contribution in [1.82, 2.24) is 15.4 Å². The molecule has 0 amide bonds. The highest BCUT2D eigenvalue weighted by atomic mass is 15.3. The summed E-state index contributed by atoms with van der Waals surface area (Å²) in [5.41, 5.74) is 14.9. The number of hydrogen-bond donors (Lipinski definition) is 3. The molecule has 0 aliphatic heterocycles. The number of nitrogens with two attached hydrogens (primary N) is 2. The fraction of sp³-hybridized carbons (Fsp3) is 0.167. The van der Waals surface area contributed by atoms with Crippen molar-refractivity contribution >= 4 is 16.7 Å². The Morgan fingerprint density at radius 2 is 2.12 bits per heavy atom. The van der Waals surface area contributed by atoms with Crippen LogP contribution in [0, 0.1) is 0 Å². The number of benzene rings is 1. The number of aromatic amines is 1. The molecular weight excluding hydrogens is 214 g/mol. The minimum Gasteiger partial charge on any atom is -0.398 e. The fourth-order valence-corrected chi connectivity index (χ4v) is 2.24. The number of allylic oxidation sites excluding steroid dienone is 2. The molecule has 1 unspecified atom stereocenters. The number of rotatable bonds is 1. The van der Waals surface area contributed by atoms with Crippen molar-refractivity contribution in [3.63, 3.8) is 0 Å². The standard InChI is InChI=1S/C12H13N5/c13-8-4-5-9-11(16-17-15-9)10(8)12(14)6-2-1-3-7-12/h1-6H,7,13-14H2,(H,15,16,17). The van der Waals surface area contributed by atoms with E-state index in [1.807, 2.05) is 36.4 Å². The van der Waals surface area contributed by atoms with E-state index in [4.69, 9.17) is 11.5 Å². The highest BCUT2D eigenvalue weighted by Gasteiger charge is 2.29. The molecule has 86 valence electrons. The van der Waals surface area contributed by atoms with Crippen LogP contribution >= 0.6 is 0 Å². The number of nitrogens with zero attached hydrogens (tertiary/aromatic N) is 2. The maximum atomic E-state index is 6.41. The highest BCUT2D eigenvalue weighted by molar-refractivity contribution is 5.84. The lowest BCUT2D eigenvalue weighted by Gasteiger charge is -2.28. The van der Waals surface area contributed by atoms with Gasteiger partial charge in [0.05, 0.1) is 5.54 Å². The van der Waals surface area contributed by atoms with Crippen molar-refractivity contribution in [3.8, 4) is 0 Å². The fourth-order valence-electron chi connectivity index (χ4n) is 2.24. The third-order valence-corrected chi connectivity index (χ3v) is 3.08. The first-order valence-electron chi connectivity index (χ1n) is 5.43. The predicted molar refractivity (Wildman–Crippen MR) is 67.1 cm³/mol. The van der Waals surface area contributed by atoms with E-state index in [2.05, 4.69) is 15.4 Å². The minimum atomic E-state index is -0.602. The predicted octanol–water partition coefficient (Wildman–Crippen LogP) is 1.21. The van der Waals surface area contributed by atoms with Crippen LogP contribution < -0.4 is 11.5 Å². The van der Waals surface area contributed by atoms with Crippen molar-refractivity contribution in [2.24, 2.45) is 5.73 Å². The Hall–Kier alpha value is -2.14. The van der Waals surface area contributed by atoms with Gasteiger partial charge in [0, 0.05) is 11.3 Å². The first kappa shape index (κ1) is 10.0. The molecule has 1 aromatic carbocycles. The molecule has 0 radical (unpaired) electrons. The highest BCUT2D eigenvalue weighted by Crippen LogP contribution is 2.35. The molecule has 0 bridgehead atoms. The van der Waals surface area contributed by atoms with Gasteiger partial charge in [-0.3, -0.25) is 0 Å². The van der Waals surface area contributed by atoms with Gasteiger partial charge < -0.3 is 11.5 Å². The molecular formula is C12H13N5. The Bertz CT molecular complexity index is 625. The zero-order valence-electron chi connectivity index (χ0n) is 9.22. The van der Waals surface area contributed by atoms with E-state index >= 15 is 0 Å². The van der Waals surface area contributed by atoms with Crippen LogP contribution in [0.1, 0.15) is 12.0 Å². The van der Waals surface area contributed by atoms with Gasteiger partial charge in [0.1, 0.15) is 11.0 Å². The second-order valence-corrected chi connectivity index (χ2v) is 4.25. The second kappa shape index (κ2) is 3.43. The zero-order valence-corrected chi connectivity index (χ0v) is 9.22. The number of nitrogens with one attached hydrogen (secondary N) is 1. The Morgan fingerprint density at radius 1 is 1.24 bits per heavy atom. The lowest BCUT2D eigenvalue weighted by molar-refractivity contribution is 0.571. The van der Waals surface area contributed by atoms with Gasteiger partial charge in [-0.1, -0.05) is 24.3 Å². The molecule has 1 aliphatic rings. The van der Waals surface area contributed by atoms with E-state index in [0.717, 1.165) is 16.6 Å². The number of fused-ring (bicyclic) bond motifs is 1. The summed E-state index contributed by atoms with van der Waals surface area (Å²) < 4.78 is 0. The first-order valence-corrected chi connectivity index (χ1v) is 5.43. The van der Waals surface area contributed by atoms with Gasteiger partial charge in [0.15, 0.2) is 0 Å². The van der Waals surface area contributed by atoms with E-state index in [1.54, 1.807) is 0 Å². The molecule has 1 aliphatic carbocycles. The minimum absolute atomic E-state index is 0.602. The van der Waals surface area contributed by atoms with Crippen LogP contribution in [0.4, 0.5) is 5.69 Å². The summed E-state index contributed by atoms with van der Waals surface area (Å²) in [6.45, 7) is 0. The molecule has 0 fully saturated rings. The van der Waals surface area contributed by atoms with Crippen molar-refractivity contribution in [2.75, 3.05) is 5.73 Å². The summed E-state index contributed by atoms with van der Waals surface area (Å²) in [4.78, 5) is 0. The Morgan fingerprint density at radius 3 is 2.88 bits per heavy atom. The Balaban J connectivity index is 2.29. The average molecular weight is 227 g/mol. The average Bonchev–Trinajstić information content (AvgIpc) is 2.77. The zero-order chi connectivity index (χ0) is 11.9. The van der Waals surface area contributed by atoms with Crippen molar-refractivity contribution < 1.29 is 0 Å². The van der Waals surface area contributed by atoms with E-state index < -0.39 is 5.54 Å². The van der Waals surface area contributed by atoms with Gasteiger partial charge in [0.2, 0.25) is 0 Å². The molecule has 1 heterocycles. The molecule has 5 N–H and O–H groups in total. The maximum absolute atomic E-state index is 6.41. The van der Waals surface area contributed by atoms with E-state index in [9.17, 15) is 0 Å². The second-order valence-electron chi connectivity index (χ2n) is 4.25. The van der Waals surface area contributed by atoms with Crippen LogP contribution in [-0.4, -0.2) is 15.4 Å². The van der Waals surface area contributed by atoms with Crippen LogP contribution in [0.3, 0.4) is 0 Å². The lowest BCUT2D eigenvalue weighted by Crippen LogP contribution is -2.35. The van der Waals surface area contributed by atoms with Crippen LogP contribution in [0.5, 0.6) is 0 Å². The summed E-state index contributed by atoms with van der Waals surface area (Å²) in [7, 11) is 0. The normalized spacial score (nSPS) is 23.4. The van der Waals surface area contributed by atoms with E-state index in [0.29, 0.717) is 12.1 Å². The number of nitrogen functional groups attached to an aromatic ring is 1. The molecule has 5 heteroatoms. The number of aromatic nitrogens is 3. The van der Waals surface area contributed by atoms with Crippen LogP contribution in [0.2, 0.25) is 0 Å². The van der Waals surface area contributed by atoms with Gasteiger partial charge in [-0.15, -0.1) is 0 Å². The van der Waals surface area contributed by atoms with Crippen LogP contribution in [-0.2, 0) is 5.54 Å². The third kappa shape index (κ3) is 1.43. The van der Waals surface area contributed by atoms with Gasteiger partial charge in [0.25, 0.3) is 0 Å². The van der Waals surface area contributed by atoms with Crippen molar-refractivity contribution in [2.45, 2.75) is 12.0 Å². The smallest absolute Gasteiger partial charge is 0.120 e. The van der Waals surface area contributed by atoms with Gasteiger partial charge >= 0.3 is 0 Å². The molecule has 2 aromatic rings. The van der Waals surface area contributed by atoms with Crippen molar-refractivity contribution in [3.05, 3.63) is 42.0 Å². The summed E-state index contributed by atoms with van der Waals surface area (Å²) in [6, 6.07) is 3.66. The molecule has 3 rings (SSSR count). The summed E-state index contributed by atoms with van der Waals surface area (Å²) >= 11 is 0. The van der Waals surface area contributed by atoms with E-state index in [1.165, 1.54) is 0 Å². The monoisotopic (exact) mass is 227 g/mol. The van der Waals surface area contributed by atoms with Gasteiger partial charge in [-0.2, -0.15) is 15.4 Å². The SMILES string of the molecule is Nc1ccc2n[nH]nc2c1C1(N)C=CC=CC1. The molecule has 1 aromatic heterocycles. The van der Waals surface area contributed by atoms with Gasteiger partial charge in [-0.05, 0) is 18.6 Å². The molecule has 0 spiro atoms. The first-order chi connectivity index (χ1) is 8.21. The number of anilines is 1. The number of H-pyrrole nitrogens is 1. The van der Waals surface area contributed by atoms with Gasteiger partial charge in [-0.25, -0.2) is 0 Å². The Labute approximate surface area is 98.2 Å². The van der Waals surface area contributed by atoms with Crippen molar-refractivity contribution in [1.29, 1.82) is 0 Å². The summed E-state index contributed by atoms with van der Waals surface area (Å²) in [5.74, 6) is 0. The topological polar surface area (TPSA) is 93.6 Å². The lowest BCUT2D eigenvalue weighted by atomic mass is 9.83. The van der Waals surface area contributed by atoms with Crippen LogP contribution in [0.15, 0.2) is 36.4 Å². The molecule has 5 nitrogen and oxygen atoms in total. The maximum Gasteiger partial charge on any atom is 0.120 e. The molecule has 0 saturated carbocycles. The molecule has 17 heavy (non-hydrogen) atoms. The molecule has 1 atom stereocenters. The van der Waals surface area contributed by atoms with Crippen LogP contribution in [0.25, 0.3) is 11.0 Å². The summed E-state index contributed by atoms with van der Waals surface area (Å²) in [5, 5.41) is 10.8. The van der Waals surface area contributed by atoms with E-state index in [-0.39, 0.29) is 0 Å². The third-order valence-electron chi connectivity index (χ3n) is 3.08. The summed E-state index contributed by atoms with van der Waals surface area (Å²) in [6.07, 6.45) is 8.59. The molecule has 0 saturated heterocycles.